The summed E-state index contributed by atoms with van der Waals surface area (Å²) in [5.74, 6) is -0.108. The van der Waals surface area contributed by atoms with Gasteiger partial charge in [0.1, 0.15) is 37.0 Å². The average molecular weight is 498 g/mol. The van der Waals surface area contributed by atoms with Crippen molar-refractivity contribution in [2.75, 3.05) is 13.2 Å². The first-order valence-corrected chi connectivity index (χ1v) is 11.0. The first kappa shape index (κ1) is 24.7. The molecule has 0 bridgehead atoms. The molecule has 1 unspecified atom stereocenters. The summed E-state index contributed by atoms with van der Waals surface area (Å²) in [4.78, 5) is 32.5. The molecule has 0 radical (unpaired) electrons. The first-order valence-electron chi connectivity index (χ1n) is 11.0. The molecular weight excluding hydrogens is 477 g/mol. The van der Waals surface area contributed by atoms with Gasteiger partial charge in [0.25, 0.3) is 12.0 Å². The fourth-order valence-corrected chi connectivity index (χ4v) is 3.67. The Hall–Kier alpha value is -4.40. The maximum atomic E-state index is 13.2. The summed E-state index contributed by atoms with van der Waals surface area (Å²) in [5, 5.41) is 16.6. The topological polar surface area (TPSA) is 126 Å². The monoisotopic (exact) mass is 498 g/mol. The molecule has 2 heterocycles. The number of hydrogen-bond acceptors (Lipinski definition) is 6. The van der Waals surface area contributed by atoms with Crippen molar-refractivity contribution in [3.05, 3.63) is 63.8 Å². The van der Waals surface area contributed by atoms with Crippen molar-refractivity contribution in [1.29, 1.82) is 5.26 Å². The van der Waals surface area contributed by atoms with E-state index in [0.29, 0.717) is 33.3 Å². The van der Waals surface area contributed by atoms with Gasteiger partial charge in [-0.2, -0.15) is 10.4 Å². The van der Waals surface area contributed by atoms with Crippen LogP contribution in [0.5, 0.6) is 5.75 Å². The standard InChI is InChI=1S/C24H21F3N6O3/c1-13(25)12-36-20-7-19-18(6-14(20)9-28)30-22(31-19)8-17-15-4-2-3-5-16(15)24(35)33(32-17)11-23(34)29-10-21(26)27/h2-7,13,21H,8,10-12H2,1H3,(H,29,34)(H,30,31). The van der Waals surface area contributed by atoms with Gasteiger partial charge in [0.2, 0.25) is 5.91 Å². The number of H-pyrrole nitrogens is 1. The maximum absolute atomic E-state index is 13.2. The minimum Gasteiger partial charge on any atom is -0.489 e. The fourth-order valence-electron chi connectivity index (χ4n) is 3.67. The third-order valence-corrected chi connectivity index (χ3v) is 5.25. The first-order chi connectivity index (χ1) is 17.2. The highest BCUT2D eigenvalue weighted by molar-refractivity contribution is 5.85. The van der Waals surface area contributed by atoms with Crippen LogP contribution in [0.3, 0.4) is 0 Å². The molecule has 2 aromatic carbocycles. The molecule has 4 aromatic rings. The fraction of sp³-hybridized carbons (Fsp3) is 0.292. The van der Waals surface area contributed by atoms with Gasteiger partial charge in [-0.05, 0) is 19.1 Å². The zero-order valence-electron chi connectivity index (χ0n) is 19.1. The van der Waals surface area contributed by atoms with Crippen molar-refractivity contribution in [3.8, 4) is 11.8 Å². The van der Waals surface area contributed by atoms with Gasteiger partial charge in [0.05, 0.1) is 40.6 Å². The van der Waals surface area contributed by atoms with Gasteiger partial charge >= 0.3 is 0 Å². The number of rotatable bonds is 9. The number of hydrogen-bond donors (Lipinski definition) is 2. The lowest BCUT2D eigenvalue weighted by Crippen LogP contribution is -2.36. The Morgan fingerprint density at radius 1 is 1.25 bits per heavy atom. The molecule has 0 saturated heterocycles. The van der Waals surface area contributed by atoms with Crippen molar-refractivity contribution in [1.82, 2.24) is 25.1 Å². The van der Waals surface area contributed by atoms with E-state index >= 15 is 0 Å². The molecule has 186 valence electrons. The summed E-state index contributed by atoms with van der Waals surface area (Å²) >= 11 is 0. The zero-order chi connectivity index (χ0) is 25.8. The van der Waals surface area contributed by atoms with Crippen LogP contribution < -0.4 is 15.6 Å². The SMILES string of the molecule is CC(F)COc1cc2nc(Cc3nn(CC(=O)NCC(F)F)c(=O)c4ccccc34)[nH]c2cc1C#N. The minimum absolute atomic E-state index is 0.133. The van der Waals surface area contributed by atoms with Gasteiger partial charge in [-0.25, -0.2) is 22.8 Å². The molecule has 0 aliphatic heterocycles. The van der Waals surface area contributed by atoms with Gasteiger partial charge in [-0.15, -0.1) is 0 Å². The van der Waals surface area contributed by atoms with Gasteiger partial charge in [0, 0.05) is 11.5 Å². The van der Waals surface area contributed by atoms with E-state index in [2.05, 4.69) is 20.4 Å². The van der Waals surface area contributed by atoms with Gasteiger partial charge in [-0.3, -0.25) is 9.59 Å². The molecule has 0 spiro atoms. The minimum atomic E-state index is -2.72. The van der Waals surface area contributed by atoms with Crippen molar-refractivity contribution in [3.63, 3.8) is 0 Å². The van der Waals surface area contributed by atoms with Crippen LogP contribution in [0.4, 0.5) is 13.2 Å². The number of nitrogens with zero attached hydrogens (tertiary/aromatic N) is 4. The lowest BCUT2D eigenvalue weighted by atomic mass is 10.1. The lowest BCUT2D eigenvalue weighted by molar-refractivity contribution is -0.122. The second-order valence-corrected chi connectivity index (χ2v) is 8.08. The van der Waals surface area contributed by atoms with Gasteiger partial charge in [0.15, 0.2) is 0 Å². The number of carbonyl (C=O) groups excluding carboxylic acids is 1. The highest BCUT2D eigenvalue weighted by Crippen LogP contribution is 2.26. The summed E-state index contributed by atoms with van der Waals surface area (Å²) in [6.45, 7) is -0.216. The van der Waals surface area contributed by atoms with Crippen LogP contribution >= 0.6 is 0 Å². The number of aromatic nitrogens is 4. The Morgan fingerprint density at radius 3 is 2.69 bits per heavy atom. The van der Waals surface area contributed by atoms with E-state index < -0.39 is 37.2 Å². The third kappa shape index (κ3) is 5.46. The smallest absolute Gasteiger partial charge is 0.275 e. The van der Waals surface area contributed by atoms with Crippen LogP contribution in [-0.4, -0.2) is 51.4 Å². The number of benzene rings is 2. The summed E-state index contributed by atoms with van der Waals surface area (Å²) in [5.41, 5.74) is 1.13. The van der Waals surface area contributed by atoms with Crippen molar-refractivity contribution in [2.24, 2.45) is 0 Å². The molecule has 36 heavy (non-hydrogen) atoms. The molecule has 1 amide bonds. The zero-order valence-corrected chi connectivity index (χ0v) is 19.1. The molecular formula is C24H21F3N6O3. The molecule has 0 aliphatic rings. The van der Waals surface area contributed by atoms with Crippen LogP contribution in [0, 0.1) is 11.3 Å². The summed E-state index contributed by atoms with van der Waals surface area (Å²) in [6.07, 6.45) is -3.80. The second-order valence-electron chi connectivity index (χ2n) is 8.08. The van der Waals surface area contributed by atoms with Crippen LogP contribution in [-0.2, 0) is 17.8 Å². The van der Waals surface area contributed by atoms with E-state index in [1.54, 1.807) is 30.3 Å². The molecule has 0 saturated carbocycles. The van der Waals surface area contributed by atoms with Crippen LogP contribution in [0.15, 0.2) is 41.2 Å². The van der Waals surface area contributed by atoms with E-state index in [9.17, 15) is 28.0 Å². The number of nitrogens with one attached hydrogen (secondary N) is 2. The number of carbonyl (C=O) groups is 1. The molecule has 2 aromatic heterocycles. The Balaban J connectivity index is 1.69. The van der Waals surface area contributed by atoms with Crippen molar-refractivity contribution < 1.29 is 22.7 Å². The molecule has 0 fully saturated rings. The highest BCUT2D eigenvalue weighted by Gasteiger charge is 2.17. The van der Waals surface area contributed by atoms with E-state index in [1.165, 1.54) is 13.0 Å². The normalized spacial score (nSPS) is 12.1. The number of nitriles is 1. The Morgan fingerprint density at radius 2 is 2.00 bits per heavy atom. The Bertz CT molecular complexity index is 1520. The summed E-state index contributed by atoms with van der Waals surface area (Å²) < 4.78 is 44.4. The predicted octanol–water partition coefficient (Wildman–Crippen LogP) is 2.85. The molecule has 2 N–H and O–H groups in total. The van der Waals surface area contributed by atoms with Crippen LogP contribution in [0.25, 0.3) is 21.8 Å². The van der Waals surface area contributed by atoms with E-state index in [1.807, 2.05) is 6.07 Å². The highest BCUT2D eigenvalue weighted by atomic mass is 19.3. The second kappa shape index (κ2) is 10.5. The number of fused-ring (bicyclic) bond motifs is 2. The quantitative estimate of drug-likeness (QED) is 0.366. The number of halogens is 3. The van der Waals surface area contributed by atoms with Crippen LogP contribution in [0.2, 0.25) is 0 Å². The largest absolute Gasteiger partial charge is 0.489 e. The number of amides is 1. The molecule has 0 aliphatic carbocycles. The van der Waals surface area contributed by atoms with Gasteiger partial charge in [-0.1, -0.05) is 18.2 Å². The average Bonchev–Trinajstić information content (AvgIpc) is 3.24. The summed E-state index contributed by atoms with van der Waals surface area (Å²) in [6, 6.07) is 11.8. The van der Waals surface area contributed by atoms with E-state index in [-0.39, 0.29) is 24.3 Å². The molecule has 12 heteroatoms. The van der Waals surface area contributed by atoms with Crippen LogP contribution in [0.1, 0.15) is 24.0 Å². The van der Waals surface area contributed by atoms with Gasteiger partial charge < -0.3 is 15.0 Å². The maximum Gasteiger partial charge on any atom is 0.275 e. The number of imidazole rings is 1. The third-order valence-electron chi connectivity index (χ3n) is 5.25. The number of ether oxygens (including phenoxy) is 1. The lowest BCUT2D eigenvalue weighted by Gasteiger charge is -2.10. The Kier molecular flexibility index (Phi) is 7.19. The summed E-state index contributed by atoms with van der Waals surface area (Å²) in [7, 11) is 0. The van der Waals surface area contributed by atoms with E-state index in [0.717, 1.165) is 4.68 Å². The van der Waals surface area contributed by atoms with Crippen molar-refractivity contribution >= 4 is 27.7 Å². The van der Waals surface area contributed by atoms with Crippen molar-refractivity contribution in [2.45, 2.75) is 32.5 Å². The molecule has 4 rings (SSSR count). The van der Waals surface area contributed by atoms with E-state index in [4.69, 9.17) is 4.74 Å². The predicted molar refractivity (Wildman–Crippen MR) is 125 cm³/mol. The molecule has 1 atom stereocenters. The Labute approximate surface area is 202 Å². The number of aromatic amines is 1. The number of alkyl halides is 3. The molecule has 9 nitrogen and oxygen atoms in total.